The molecule has 4 aliphatic rings. The Hall–Kier alpha value is -6.44. The Morgan fingerprint density at radius 2 is 1.22 bits per heavy atom. The van der Waals surface area contributed by atoms with Gasteiger partial charge in [0.25, 0.3) is 0 Å². The van der Waals surface area contributed by atoms with Crippen molar-refractivity contribution in [1.82, 2.24) is 35.4 Å². The van der Waals surface area contributed by atoms with E-state index in [0.717, 1.165) is 65.8 Å². The Kier molecular flexibility index (Phi) is 12.7. The molecular formula is C53H63N7O7. The van der Waals surface area contributed by atoms with E-state index in [0.29, 0.717) is 30.6 Å². The van der Waals surface area contributed by atoms with Crippen molar-refractivity contribution in [3.63, 3.8) is 0 Å². The van der Waals surface area contributed by atoms with E-state index in [9.17, 15) is 24.0 Å². The fraction of sp³-hybridized carbons (Fsp3) is 0.472. The number of fused-ring (bicyclic) bond motifs is 2. The van der Waals surface area contributed by atoms with Crippen molar-refractivity contribution in [3.05, 3.63) is 99.7 Å². The van der Waals surface area contributed by atoms with E-state index >= 15 is 0 Å². The molecule has 9 rings (SSSR count). The van der Waals surface area contributed by atoms with Crippen molar-refractivity contribution in [1.29, 1.82) is 0 Å². The summed E-state index contributed by atoms with van der Waals surface area (Å²) in [4.78, 5) is 81.1. The van der Waals surface area contributed by atoms with Gasteiger partial charge in [-0.3, -0.25) is 14.4 Å². The highest BCUT2D eigenvalue weighted by Crippen LogP contribution is 2.53. The lowest BCUT2D eigenvalue weighted by Gasteiger charge is -2.31. The van der Waals surface area contributed by atoms with Gasteiger partial charge in [-0.05, 0) is 120 Å². The van der Waals surface area contributed by atoms with Crippen molar-refractivity contribution in [2.45, 2.75) is 116 Å². The molecule has 4 amide bonds. The van der Waals surface area contributed by atoms with Crippen LogP contribution < -0.4 is 16.1 Å². The fourth-order valence-corrected chi connectivity index (χ4v) is 11.5. The maximum Gasteiger partial charge on any atom is 0.407 e. The SMILES string of the molecule is COC(=O)NC(C(=O)N1CCCC1c1cc(=O)c2cc(-c3ccc(-c4ccc(-c5cnc(C6CCCN6C(=O)C(NC(=O)OC)C(C)C)[nH]5)cc4)c4c3CC3(CCCC3)C4)ccc2[nH]1)C(C)C. The topological polar surface area (TPSA) is 179 Å². The molecule has 1 saturated carbocycles. The fourth-order valence-electron chi connectivity index (χ4n) is 11.5. The number of nitrogens with one attached hydrogen (secondary N) is 4. The number of carbonyl (C=O) groups excluding carboxylic acids is 4. The van der Waals surface area contributed by atoms with Crippen molar-refractivity contribution in [2.24, 2.45) is 17.3 Å². The molecule has 2 aliphatic heterocycles. The van der Waals surface area contributed by atoms with Gasteiger partial charge in [-0.1, -0.05) is 83.0 Å². The summed E-state index contributed by atoms with van der Waals surface area (Å²) in [6, 6.07) is 18.9. The number of aromatic nitrogens is 3. The molecule has 14 nitrogen and oxygen atoms in total. The third-order valence-corrected chi connectivity index (χ3v) is 15.0. The zero-order valence-electron chi connectivity index (χ0n) is 39.5. The number of H-pyrrole nitrogens is 2. The minimum atomic E-state index is -0.743. The number of benzene rings is 3. The van der Waals surface area contributed by atoms with Crippen LogP contribution in [0.4, 0.5) is 9.59 Å². The van der Waals surface area contributed by atoms with Crippen molar-refractivity contribution in [2.75, 3.05) is 27.3 Å². The van der Waals surface area contributed by atoms with Crippen LogP contribution in [-0.2, 0) is 31.9 Å². The van der Waals surface area contributed by atoms with Gasteiger partial charge in [0, 0.05) is 35.8 Å². The average Bonchev–Trinajstić information content (AvgIpc) is 4.20. The van der Waals surface area contributed by atoms with Crippen molar-refractivity contribution >= 4 is 34.9 Å². The highest BCUT2D eigenvalue weighted by molar-refractivity contribution is 5.89. The van der Waals surface area contributed by atoms with Crippen molar-refractivity contribution < 1.29 is 28.7 Å². The summed E-state index contributed by atoms with van der Waals surface area (Å²) in [6.07, 6.45) is 10.6. The van der Waals surface area contributed by atoms with Crippen LogP contribution in [-0.4, -0.2) is 88.1 Å². The predicted octanol–water partition coefficient (Wildman–Crippen LogP) is 9.00. The number of hydrogen-bond donors (Lipinski definition) is 4. The molecule has 5 aromatic rings. The first-order valence-corrected chi connectivity index (χ1v) is 24.1. The standard InChI is InChI=1S/C53H63N7O7/c1-30(2)46(57-51(64)66-5)49(62)59-23-9-11-43(59)41-26-45(61)37-25-34(17-20-40(37)55-41)36-19-18-35(38-27-53(28-39(36)38)21-7-8-22-53)32-13-15-33(16-14-32)42-29-54-48(56-42)44-12-10-24-60(44)50(63)47(31(3)4)58-52(65)67-6/h13-20,25-26,29-31,43-44,46-47H,7-12,21-24,27-28H2,1-6H3,(H,54,56)(H,55,61)(H,57,64)(H,58,65). The number of amides is 4. The summed E-state index contributed by atoms with van der Waals surface area (Å²) < 4.78 is 9.60. The Bertz CT molecular complexity index is 2750. The molecule has 3 fully saturated rings. The van der Waals surface area contributed by atoms with Crippen LogP contribution in [0.25, 0.3) is 44.4 Å². The van der Waals surface area contributed by atoms with Crippen LogP contribution in [0.1, 0.15) is 114 Å². The van der Waals surface area contributed by atoms with E-state index in [4.69, 9.17) is 14.5 Å². The third-order valence-electron chi connectivity index (χ3n) is 15.0. The first-order valence-electron chi connectivity index (χ1n) is 24.1. The number of imidazole rings is 1. The first-order chi connectivity index (χ1) is 32.3. The average molecular weight is 910 g/mol. The number of ether oxygens (including phenoxy) is 2. The van der Waals surface area contributed by atoms with Crippen LogP contribution >= 0.6 is 0 Å². The van der Waals surface area contributed by atoms with Gasteiger partial charge in [0.1, 0.15) is 17.9 Å². The number of methoxy groups -OCH3 is 2. The molecule has 67 heavy (non-hydrogen) atoms. The van der Waals surface area contributed by atoms with Gasteiger partial charge in [0.15, 0.2) is 5.43 Å². The smallest absolute Gasteiger partial charge is 0.407 e. The molecule has 2 aromatic heterocycles. The summed E-state index contributed by atoms with van der Waals surface area (Å²) >= 11 is 0. The molecule has 4 unspecified atom stereocenters. The van der Waals surface area contributed by atoms with Crippen LogP contribution in [0.2, 0.25) is 0 Å². The Labute approximate surface area is 391 Å². The van der Waals surface area contributed by atoms with E-state index < -0.39 is 24.3 Å². The number of hydrogen-bond acceptors (Lipinski definition) is 8. The maximum absolute atomic E-state index is 14.0. The van der Waals surface area contributed by atoms with Gasteiger partial charge in [-0.25, -0.2) is 14.6 Å². The highest BCUT2D eigenvalue weighted by atomic mass is 16.5. The zero-order valence-corrected chi connectivity index (χ0v) is 39.5. The summed E-state index contributed by atoms with van der Waals surface area (Å²) in [5.74, 6) is 0.147. The normalized spacial score (nSPS) is 19.6. The molecule has 352 valence electrons. The second-order valence-electron chi connectivity index (χ2n) is 19.9. The number of carbonyl (C=O) groups is 4. The Morgan fingerprint density at radius 3 is 1.81 bits per heavy atom. The molecule has 4 heterocycles. The zero-order chi connectivity index (χ0) is 47.1. The van der Waals surface area contributed by atoms with E-state index in [1.165, 1.54) is 62.2 Å². The number of pyridine rings is 1. The van der Waals surface area contributed by atoms with Crippen LogP contribution in [0.3, 0.4) is 0 Å². The molecule has 0 radical (unpaired) electrons. The minimum absolute atomic E-state index is 0.0928. The summed E-state index contributed by atoms with van der Waals surface area (Å²) in [7, 11) is 2.58. The van der Waals surface area contributed by atoms with E-state index in [2.05, 4.69) is 63.1 Å². The first kappa shape index (κ1) is 45.7. The lowest BCUT2D eigenvalue weighted by atomic mass is 9.82. The van der Waals surface area contributed by atoms with Crippen LogP contribution in [0, 0.1) is 17.3 Å². The second-order valence-corrected chi connectivity index (χ2v) is 19.9. The quantitative estimate of drug-likeness (QED) is 0.101. The maximum atomic E-state index is 14.0. The van der Waals surface area contributed by atoms with E-state index in [1.807, 2.05) is 50.9 Å². The summed E-state index contributed by atoms with van der Waals surface area (Å²) in [5, 5.41) is 6.04. The second kappa shape index (κ2) is 18.7. The predicted molar refractivity (Wildman–Crippen MR) is 257 cm³/mol. The number of likely N-dealkylation sites (tertiary alicyclic amines) is 2. The molecule has 4 atom stereocenters. The Morgan fingerprint density at radius 1 is 0.687 bits per heavy atom. The largest absolute Gasteiger partial charge is 0.453 e. The van der Waals surface area contributed by atoms with Gasteiger partial charge in [-0.2, -0.15) is 0 Å². The lowest BCUT2D eigenvalue weighted by molar-refractivity contribution is -0.136. The number of nitrogens with zero attached hydrogens (tertiary/aromatic N) is 3. The third kappa shape index (κ3) is 8.82. The number of rotatable bonds is 11. The van der Waals surface area contributed by atoms with Gasteiger partial charge < -0.3 is 39.9 Å². The summed E-state index contributed by atoms with van der Waals surface area (Å²) in [6.45, 7) is 8.73. The lowest BCUT2D eigenvalue weighted by Crippen LogP contribution is -2.51. The minimum Gasteiger partial charge on any atom is -0.453 e. The van der Waals surface area contributed by atoms with Gasteiger partial charge in [0.05, 0.1) is 38.2 Å². The molecule has 0 bridgehead atoms. The molecule has 2 saturated heterocycles. The van der Waals surface area contributed by atoms with E-state index in [1.54, 1.807) is 11.0 Å². The Balaban J connectivity index is 0.972. The van der Waals surface area contributed by atoms with Gasteiger partial charge in [-0.15, -0.1) is 0 Å². The molecule has 2 aliphatic carbocycles. The molecule has 4 N–H and O–H groups in total. The van der Waals surface area contributed by atoms with E-state index in [-0.39, 0.29) is 46.6 Å². The number of aromatic amines is 2. The van der Waals surface area contributed by atoms with Crippen LogP contribution in [0.5, 0.6) is 0 Å². The van der Waals surface area contributed by atoms with Crippen LogP contribution in [0.15, 0.2) is 71.7 Å². The molecule has 3 aromatic carbocycles. The van der Waals surface area contributed by atoms with Gasteiger partial charge in [0.2, 0.25) is 11.8 Å². The highest BCUT2D eigenvalue weighted by Gasteiger charge is 2.42. The molecular weight excluding hydrogens is 847 g/mol. The summed E-state index contributed by atoms with van der Waals surface area (Å²) in [5.41, 5.74) is 10.8. The molecule has 1 spiro atoms. The van der Waals surface area contributed by atoms with Crippen molar-refractivity contribution in [3.8, 4) is 33.5 Å². The van der Waals surface area contributed by atoms with Gasteiger partial charge >= 0.3 is 12.2 Å². The monoisotopic (exact) mass is 909 g/mol. The number of alkyl carbamates (subject to hydrolysis) is 2. The molecule has 14 heteroatoms.